The zero-order valence-corrected chi connectivity index (χ0v) is 14.5. The number of esters is 1. The van der Waals surface area contributed by atoms with Crippen molar-refractivity contribution in [2.24, 2.45) is 0 Å². The summed E-state index contributed by atoms with van der Waals surface area (Å²) in [5, 5.41) is 3.35. The van der Waals surface area contributed by atoms with Crippen molar-refractivity contribution in [1.82, 2.24) is 10.2 Å². The Hall–Kier alpha value is -0.610. The van der Waals surface area contributed by atoms with Crippen LogP contribution in [0.5, 0.6) is 0 Å². The molecule has 0 aliphatic heterocycles. The van der Waals surface area contributed by atoms with E-state index in [-0.39, 0.29) is 11.5 Å². The first-order valence-corrected chi connectivity index (χ1v) is 7.87. The van der Waals surface area contributed by atoms with Crippen LogP contribution in [0.1, 0.15) is 60.8 Å². The smallest absolute Gasteiger partial charge is 0.326 e. The van der Waals surface area contributed by atoms with Crippen LogP contribution in [0.4, 0.5) is 0 Å². The Labute approximate surface area is 125 Å². The molecule has 1 unspecified atom stereocenters. The maximum absolute atomic E-state index is 12.2. The molecule has 0 radical (unpaired) electrons. The van der Waals surface area contributed by atoms with Gasteiger partial charge in [-0.25, -0.2) is 0 Å². The summed E-state index contributed by atoms with van der Waals surface area (Å²) in [4.78, 5) is 14.5. The minimum atomic E-state index is -0.593. The largest absolute Gasteiger partial charge is 0.465 e. The van der Waals surface area contributed by atoms with Crippen molar-refractivity contribution in [1.29, 1.82) is 0 Å². The van der Waals surface area contributed by atoms with E-state index in [1.54, 1.807) is 0 Å². The molecule has 1 atom stereocenters. The summed E-state index contributed by atoms with van der Waals surface area (Å²) in [5.41, 5.74) is -0.440. The third kappa shape index (κ3) is 5.80. The number of nitrogens with one attached hydrogen (secondary N) is 1. The van der Waals surface area contributed by atoms with Gasteiger partial charge in [-0.15, -0.1) is 0 Å². The highest BCUT2D eigenvalue weighted by Gasteiger charge is 2.35. The molecule has 0 heterocycles. The fraction of sp³-hybridized carbons (Fsp3) is 0.938. The van der Waals surface area contributed by atoms with Crippen LogP contribution in [0, 0.1) is 0 Å². The van der Waals surface area contributed by atoms with Crippen LogP contribution in [0.2, 0.25) is 0 Å². The summed E-state index contributed by atoms with van der Waals surface area (Å²) >= 11 is 0. The lowest BCUT2D eigenvalue weighted by Gasteiger charge is -2.37. The fourth-order valence-electron chi connectivity index (χ4n) is 1.92. The topological polar surface area (TPSA) is 41.6 Å². The lowest BCUT2D eigenvalue weighted by atomic mass is 9.94. The summed E-state index contributed by atoms with van der Waals surface area (Å²) in [5.74, 6) is -0.142. The lowest BCUT2D eigenvalue weighted by molar-refractivity contribution is -0.151. The van der Waals surface area contributed by atoms with Crippen LogP contribution in [0.25, 0.3) is 0 Å². The normalized spacial score (nSPS) is 15.2. The summed E-state index contributed by atoms with van der Waals surface area (Å²) in [6.45, 7) is 14.7. The van der Waals surface area contributed by atoms with Gasteiger partial charge in [0.1, 0.15) is 5.54 Å². The van der Waals surface area contributed by atoms with E-state index in [0.717, 1.165) is 32.4 Å². The molecule has 4 heteroatoms. The van der Waals surface area contributed by atoms with Crippen LogP contribution in [0.15, 0.2) is 0 Å². The van der Waals surface area contributed by atoms with Crippen LogP contribution in [-0.4, -0.2) is 48.7 Å². The van der Waals surface area contributed by atoms with Gasteiger partial charge in [0.05, 0.1) is 6.61 Å². The predicted octanol–water partition coefficient (Wildman–Crippen LogP) is 2.82. The molecule has 0 aliphatic carbocycles. The highest BCUT2D eigenvalue weighted by atomic mass is 16.5. The molecule has 0 aliphatic rings. The van der Waals surface area contributed by atoms with Crippen molar-refractivity contribution in [3.8, 4) is 0 Å². The zero-order valence-electron chi connectivity index (χ0n) is 14.5. The van der Waals surface area contributed by atoms with Gasteiger partial charge < -0.3 is 15.0 Å². The molecule has 0 rings (SSSR count). The molecule has 0 aromatic heterocycles. The first-order valence-electron chi connectivity index (χ1n) is 7.87. The van der Waals surface area contributed by atoms with Crippen molar-refractivity contribution in [2.75, 3.05) is 26.7 Å². The minimum absolute atomic E-state index is 0.142. The number of rotatable bonds is 10. The molecule has 0 bridgehead atoms. The average Bonchev–Trinajstić information content (AvgIpc) is 2.42. The van der Waals surface area contributed by atoms with E-state index in [4.69, 9.17) is 4.74 Å². The average molecular weight is 286 g/mol. The molecule has 1 N–H and O–H groups in total. The van der Waals surface area contributed by atoms with Gasteiger partial charge in [-0.2, -0.15) is 0 Å². The SMILES string of the molecule is CCCNC(C)(CCN(C)C(C)(C)CC)C(=O)OCC. The highest BCUT2D eigenvalue weighted by Crippen LogP contribution is 2.20. The van der Waals surface area contributed by atoms with Crippen molar-refractivity contribution in [3.05, 3.63) is 0 Å². The molecule has 20 heavy (non-hydrogen) atoms. The third-order valence-electron chi connectivity index (χ3n) is 4.34. The van der Waals surface area contributed by atoms with Gasteiger partial charge in [-0.3, -0.25) is 4.79 Å². The molecule has 0 fully saturated rings. The molecule has 0 aromatic rings. The van der Waals surface area contributed by atoms with E-state index in [2.05, 4.69) is 45.0 Å². The predicted molar refractivity (Wildman–Crippen MR) is 84.9 cm³/mol. The van der Waals surface area contributed by atoms with E-state index < -0.39 is 5.54 Å². The van der Waals surface area contributed by atoms with Gasteiger partial charge >= 0.3 is 5.97 Å². The summed E-state index contributed by atoms with van der Waals surface area (Å²) in [6, 6.07) is 0. The van der Waals surface area contributed by atoms with Crippen molar-refractivity contribution >= 4 is 5.97 Å². The standard InChI is InChI=1S/C16H34N2O2/c1-8-12-17-16(6,14(19)20-10-3)11-13-18(7)15(4,5)9-2/h17H,8-13H2,1-7H3. The van der Waals surface area contributed by atoms with Gasteiger partial charge in [-0.1, -0.05) is 13.8 Å². The quantitative estimate of drug-likeness (QED) is 0.627. The first-order chi connectivity index (χ1) is 9.23. The Bertz CT molecular complexity index is 292. The molecule has 120 valence electrons. The van der Waals surface area contributed by atoms with Crippen molar-refractivity contribution < 1.29 is 9.53 Å². The molecule has 0 saturated carbocycles. The molecular weight excluding hydrogens is 252 g/mol. The Morgan fingerprint density at radius 2 is 1.80 bits per heavy atom. The van der Waals surface area contributed by atoms with Crippen LogP contribution >= 0.6 is 0 Å². The van der Waals surface area contributed by atoms with E-state index in [9.17, 15) is 4.79 Å². The minimum Gasteiger partial charge on any atom is -0.465 e. The number of nitrogens with zero attached hydrogens (tertiary/aromatic N) is 1. The summed E-state index contributed by atoms with van der Waals surface area (Å²) < 4.78 is 5.23. The lowest BCUT2D eigenvalue weighted by Crippen LogP contribution is -2.53. The van der Waals surface area contributed by atoms with E-state index in [1.807, 2.05) is 13.8 Å². The van der Waals surface area contributed by atoms with E-state index >= 15 is 0 Å². The molecular formula is C16H34N2O2. The number of hydrogen-bond donors (Lipinski definition) is 1. The third-order valence-corrected chi connectivity index (χ3v) is 4.34. The van der Waals surface area contributed by atoms with E-state index in [0.29, 0.717) is 6.61 Å². The molecule has 0 amide bonds. The Kier molecular flexibility index (Phi) is 8.36. The maximum Gasteiger partial charge on any atom is 0.326 e. The van der Waals surface area contributed by atoms with E-state index in [1.165, 1.54) is 0 Å². The van der Waals surface area contributed by atoms with Crippen LogP contribution < -0.4 is 5.32 Å². The van der Waals surface area contributed by atoms with Gasteiger partial charge in [0.25, 0.3) is 0 Å². The van der Waals surface area contributed by atoms with Crippen LogP contribution in [0.3, 0.4) is 0 Å². The molecule has 4 nitrogen and oxygen atoms in total. The zero-order chi connectivity index (χ0) is 15.8. The van der Waals surface area contributed by atoms with Gasteiger partial charge in [0.2, 0.25) is 0 Å². The second-order valence-electron chi connectivity index (χ2n) is 6.32. The molecule has 0 spiro atoms. The fourth-order valence-corrected chi connectivity index (χ4v) is 1.92. The number of carbonyl (C=O) groups excluding carboxylic acids is 1. The monoisotopic (exact) mass is 286 g/mol. The second-order valence-corrected chi connectivity index (χ2v) is 6.32. The first kappa shape index (κ1) is 19.4. The molecule has 0 saturated heterocycles. The number of ether oxygens (including phenoxy) is 1. The Morgan fingerprint density at radius 3 is 2.25 bits per heavy atom. The second kappa shape index (κ2) is 8.63. The summed E-state index contributed by atoms with van der Waals surface area (Å²) in [6.07, 6.45) is 2.85. The highest BCUT2D eigenvalue weighted by molar-refractivity contribution is 5.80. The maximum atomic E-state index is 12.2. The van der Waals surface area contributed by atoms with Gasteiger partial charge in [-0.05, 0) is 60.5 Å². The Balaban J connectivity index is 4.69. The van der Waals surface area contributed by atoms with Crippen LogP contribution in [-0.2, 0) is 9.53 Å². The van der Waals surface area contributed by atoms with Gasteiger partial charge in [0, 0.05) is 12.1 Å². The molecule has 0 aromatic carbocycles. The Morgan fingerprint density at radius 1 is 1.20 bits per heavy atom. The van der Waals surface area contributed by atoms with Crippen molar-refractivity contribution in [3.63, 3.8) is 0 Å². The summed E-state index contributed by atoms with van der Waals surface area (Å²) in [7, 11) is 2.12. The number of carbonyl (C=O) groups is 1. The number of hydrogen-bond acceptors (Lipinski definition) is 4. The van der Waals surface area contributed by atoms with Gasteiger partial charge in [0.15, 0.2) is 0 Å². The van der Waals surface area contributed by atoms with Crippen molar-refractivity contribution in [2.45, 2.75) is 71.9 Å².